The normalized spacial score (nSPS) is 12.1. The molecular formula is C53H45IN4OS. The van der Waals surface area contributed by atoms with E-state index < -0.39 is 0 Å². The highest BCUT2D eigenvalue weighted by molar-refractivity contribution is 14.1. The Labute approximate surface area is 369 Å². The first-order valence-corrected chi connectivity index (χ1v) is 22.3. The van der Waals surface area contributed by atoms with Crippen molar-refractivity contribution in [3.05, 3.63) is 162 Å². The Morgan fingerprint density at radius 2 is 0.850 bits per heavy atom. The zero-order valence-electron chi connectivity index (χ0n) is 34.8. The molecule has 0 saturated heterocycles. The predicted molar refractivity (Wildman–Crippen MR) is 264 cm³/mol. The lowest BCUT2D eigenvalue weighted by atomic mass is 9.92. The van der Waals surface area contributed by atoms with Crippen LogP contribution in [0.2, 0.25) is 0 Å². The van der Waals surface area contributed by atoms with Crippen molar-refractivity contribution >= 4 is 85.8 Å². The second kappa shape index (κ2) is 16.0. The van der Waals surface area contributed by atoms with Crippen molar-refractivity contribution in [3.8, 4) is 44.5 Å². The van der Waals surface area contributed by atoms with Gasteiger partial charge < -0.3 is 9.97 Å². The molecule has 4 aromatic carbocycles. The molecule has 0 saturated carbocycles. The Kier molecular flexibility index (Phi) is 10.6. The lowest BCUT2D eigenvalue weighted by Crippen LogP contribution is -1.95. The molecule has 3 aromatic heterocycles. The lowest BCUT2D eigenvalue weighted by molar-refractivity contribution is -0.109. The zero-order valence-corrected chi connectivity index (χ0v) is 37.8. The van der Waals surface area contributed by atoms with Gasteiger partial charge in [0, 0.05) is 60.6 Å². The van der Waals surface area contributed by atoms with Gasteiger partial charge in [-0.2, -0.15) is 0 Å². The summed E-state index contributed by atoms with van der Waals surface area (Å²) in [4.78, 5) is 30.7. The molecule has 0 unspecified atom stereocenters. The van der Waals surface area contributed by atoms with E-state index in [1.165, 1.54) is 59.8 Å². The van der Waals surface area contributed by atoms with Gasteiger partial charge in [0.25, 0.3) is 0 Å². The van der Waals surface area contributed by atoms with Crippen molar-refractivity contribution in [2.75, 3.05) is 0 Å². The Balaban J connectivity index is 1.46. The summed E-state index contributed by atoms with van der Waals surface area (Å²) in [7, 11) is 0. The van der Waals surface area contributed by atoms with E-state index in [4.69, 9.17) is 9.97 Å². The average Bonchev–Trinajstić information content (AvgIpc) is 4.04. The van der Waals surface area contributed by atoms with Crippen LogP contribution in [0.1, 0.15) is 68.6 Å². The van der Waals surface area contributed by atoms with E-state index in [0.29, 0.717) is 5.75 Å². The van der Waals surface area contributed by atoms with Gasteiger partial charge in [-0.05, 0) is 175 Å². The molecule has 0 radical (unpaired) electrons. The summed E-state index contributed by atoms with van der Waals surface area (Å²) in [5.41, 5.74) is 24.4. The van der Waals surface area contributed by atoms with E-state index in [1.54, 1.807) is 6.92 Å². The van der Waals surface area contributed by atoms with E-state index in [2.05, 4.69) is 195 Å². The monoisotopic (exact) mass is 912 g/mol. The molecule has 2 N–H and O–H groups in total. The summed E-state index contributed by atoms with van der Waals surface area (Å²) in [6.07, 6.45) is 8.64. The largest absolute Gasteiger partial charge is 0.354 e. The SMILES string of the molecule is CC(=O)SCc1ccc(-c2c3nc(c(-c4c(C)cc(C)cc4C)c4ccc([nH]4)c(-c4ccc(I)cc4)c4nc(c(-c5c(C)cc(C)cc5C)c5ccc2[nH]5)C=C4)C=C3)cc1. The number of thioether (sulfide) groups is 1. The number of carbonyl (C=O) groups is 1. The number of nitrogens with zero attached hydrogens (tertiary/aromatic N) is 2. The van der Waals surface area contributed by atoms with E-state index >= 15 is 0 Å². The van der Waals surface area contributed by atoms with Crippen LogP contribution in [0, 0.1) is 45.1 Å². The molecule has 7 heteroatoms. The fraction of sp³-hybridized carbons (Fsp3) is 0.151. The Morgan fingerprint density at radius 1 is 0.500 bits per heavy atom. The third-order valence-corrected chi connectivity index (χ3v) is 13.0. The molecule has 60 heavy (non-hydrogen) atoms. The van der Waals surface area contributed by atoms with Gasteiger partial charge in [0.05, 0.1) is 22.8 Å². The second-order valence-electron chi connectivity index (χ2n) is 16.0. The number of fused-ring (bicyclic) bond motifs is 8. The van der Waals surface area contributed by atoms with Crippen LogP contribution in [-0.2, 0) is 10.5 Å². The number of aromatic amines is 2. The van der Waals surface area contributed by atoms with Gasteiger partial charge in [0.2, 0.25) is 0 Å². The molecular weight excluding hydrogens is 868 g/mol. The first-order valence-electron chi connectivity index (χ1n) is 20.2. The number of benzene rings is 4. The van der Waals surface area contributed by atoms with Crippen LogP contribution in [0.25, 0.3) is 90.9 Å². The third-order valence-electron chi connectivity index (χ3n) is 11.4. The molecule has 0 aliphatic carbocycles. The number of aromatic nitrogens is 4. The summed E-state index contributed by atoms with van der Waals surface area (Å²) in [5, 5.41) is 0.111. The highest BCUT2D eigenvalue weighted by Gasteiger charge is 2.21. The van der Waals surface area contributed by atoms with Crippen LogP contribution in [0.4, 0.5) is 0 Å². The molecule has 9 rings (SSSR count). The summed E-state index contributed by atoms with van der Waals surface area (Å²) in [6, 6.07) is 35.0. The Morgan fingerprint density at radius 3 is 1.23 bits per heavy atom. The van der Waals surface area contributed by atoms with E-state index in [-0.39, 0.29) is 5.12 Å². The number of aryl methyl sites for hydroxylation is 6. The summed E-state index contributed by atoms with van der Waals surface area (Å²) < 4.78 is 1.18. The standard InChI is InChI=1S/C53H45IN4OS/c1-29-24-31(3)48(32(4)25-29)52-44-20-16-40(55-44)50(37-10-8-36(9-11-37)28-60-35(7)59)41-17-21-45(56-41)53(49-33(5)26-30(2)27-34(49)6)47-23-19-43(58-47)51(42-18-22-46(52)57-42)38-12-14-39(54)15-13-38/h8-27,55,58H,28H2,1-7H3. The summed E-state index contributed by atoms with van der Waals surface area (Å²) in [6.45, 7) is 14.7. The maximum absolute atomic E-state index is 11.8. The van der Waals surface area contributed by atoms with Crippen molar-refractivity contribution in [1.29, 1.82) is 0 Å². The molecule has 2 aliphatic rings. The number of H-pyrrole nitrogens is 2. The topological polar surface area (TPSA) is 74.4 Å². The zero-order chi connectivity index (χ0) is 41.8. The number of hydrogen-bond donors (Lipinski definition) is 2. The summed E-state index contributed by atoms with van der Waals surface area (Å²) in [5.74, 6) is 0.632. The molecule has 7 aromatic rings. The fourth-order valence-corrected chi connectivity index (χ4v) is 9.98. The van der Waals surface area contributed by atoms with Gasteiger partial charge in [-0.15, -0.1) is 0 Å². The van der Waals surface area contributed by atoms with E-state index in [0.717, 1.165) is 83.8 Å². The third kappa shape index (κ3) is 7.50. The van der Waals surface area contributed by atoms with Crippen LogP contribution < -0.4 is 0 Å². The van der Waals surface area contributed by atoms with Gasteiger partial charge >= 0.3 is 0 Å². The predicted octanol–water partition coefficient (Wildman–Crippen LogP) is 14.6. The van der Waals surface area contributed by atoms with Crippen molar-refractivity contribution in [2.45, 2.75) is 54.2 Å². The molecule has 0 atom stereocenters. The number of carbonyl (C=O) groups excluding carboxylic acids is 1. The van der Waals surface area contributed by atoms with Crippen molar-refractivity contribution in [2.24, 2.45) is 0 Å². The average molecular weight is 913 g/mol. The highest BCUT2D eigenvalue weighted by atomic mass is 127. The molecule has 0 amide bonds. The molecule has 2 aliphatic heterocycles. The molecule has 5 nitrogen and oxygen atoms in total. The van der Waals surface area contributed by atoms with Gasteiger partial charge in [-0.1, -0.05) is 83.6 Å². The second-order valence-corrected chi connectivity index (χ2v) is 18.4. The van der Waals surface area contributed by atoms with Gasteiger partial charge in [0.15, 0.2) is 5.12 Å². The maximum Gasteiger partial charge on any atom is 0.186 e. The van der Waals surface area contributed by atoms with Crippen molar-refractivity contribution in [1.82, 2.24) is 19.9 Å². The van der Waals surface area contributed by atoms with Crippen molar-refractivity contribution in [3.63, 3.8) is 0 Å². The minimum Gasteiger partial charge on any atom is -0.354 e. The molecule has 0 fully saturated rings. The van der Waals surface area contributed by atoms with Gasteiger partial charge in [-0.3, -0.25) is 4.79 Å². The Hall–Kier alpha value is -5.77. The number of nitrogens with one attached hydrogen (secondary N) is 2. The quantitative estimate of drug-likeness (QED) is 0.163. The van der Waals surface area contributed by atoms with Crippen molar-refractivity contribution < 1.29 is 4.79 Å². The molecule has 8 bridgehead atoms. The highest BCUT2D eigenvalue weighted by Crippen LogP contribution is 2.41. The van der Waals surface area contributed by atoms with Crippen LogP contribution in [0.15, 0.2) is 97.1 Å². The number of halogens is 1. The first kappa shape index (κ1) is 39.7. The Bertz CT molecular complexity index is 3030. The smallest absolute Gasteiger partial charge is 0.186 e. The van der Waals surface area contributed by atoms with E-state index in [1.807, 2.05) is 0 Å². The minimum absolute atomic E-state index is 0.111. The molecule has 296 valence electrons. The van der Waals surface area contributed by atoms with Crippen LogP contribution in [0.5, 0.6) is 0 Å². The lowest BCUT2D eigenvalue weighted by Gasteiger charge is -2.13. The van der Waals surface area contributed by atoms with E-state index in [9.17, 15) is 4.79 Å². The minimum atomic E-state index is 0.111. The molecule has 5 heterocycles. The first-order chi connectivity index (χ1) is 28.9. The maximum atomic E-state index is 11.8. The van der Waals surface area contributed by atoms with Gasteiger partial charge in [-0.25, -0.2) is 9.97 Å². The van der Waals surface area contributed by atoms with Crippen LogP contribution in [-0.4, -0.2) is 25.1 Å². The number of hydrogen-bond acceptors (Lipinski definition) is 4. The number of rotatable bonds is 6. The van der Waals surface area contributed by atoms with Gasteiger partial charge in [0.1, 0.15) is 0 Å². The summed E-state index contributed by atoms with van der Waals surface area (Å²) >= 11 is 3.70. The fourth-order valence-electron chi connectivity index (χ4n) is 9.06. The van der Waals surface area contributed by atoms with Crippen LogP contribution in [0.3, 0.4) is 0 Å². The molecule has 0 spiro atoms. The van der Waals surface area contributed by atoms with Crippen LogP contribution >= 0.6 is 34.4 Å².